The van der Waals surface area contributed by atoms with Crippen LogP contribution in [0.5, 0.6) is 0 Å². The maximum Gasteiger partial charge on any atom is 0.311 e. The fraction of sp³-hybridized carbons (Fsp3) is 0.846. The first-order valence-electron chi connectivity index (χ1n) is 6.73. The first kappa shape index (κ1) is 13.3. The predicted octanol–water partition coefficient (Wildman–Crippen LogP) is 1.17. The standard InChI is InChI=1S/C13H21NO4/c15-11(10-3-7-18-8-4-10)14-9-13(12(16)17)5-1-2-6-13/h10H,1-9H2,(H,14,15)(H,16,17). The summed E-state index contributed by atoms with van der Waals surface area (Å²) in [6.07, 6.45) is 4.73. The van der Waals surface area contributed by atoms with Gasteiger partial charge in [0.25, 0.3) is 0 Å². The van der Waals surface area contributed by atoms with E-state index in [0.29, 0.717) is 26.1 Å². The Morgan fingerprint density at radius 3 is 2.39 bits per heavy atom. The van der Waals surface area contributed by atoms with Crippen molar-refractivity contribution >= 4 is 11.9 Å². The SMILES string of the molecule is O=C(NCC1(C(=O)O)CCCC1)C1CCOCC1. The smallest absolute Gasteiger partial charge is 0.311 e. The van der Waals surface area contributed by atoms with Crippen LogP contribution in [0.1, 0.15) is 38.5 Å². The molecule has 1 saturated heterocycles. The molecule has 2 fully saturated rings. The summed E-state index contributed by atoms with van der Waals surface area (Å²) >= 11 is 0. The number of carbonyl (C=O) groups excluding carboxylic acids is 1. The van der Waals surface area contributed by atoms with E-state index in [1.807, 2.05) is 0 Å². The third-order valence-corrected chi connectivity index (χ3v) is 4.21. The van der Waals surface area contributed by atoms with Crippen LogP contribution in [-0.4, -0.2) is 36.7 Å². The second-order valence-electron chi connectivity index (χ2n) is 5.40. The van der Waals surface area contributed by atoms with E-state index in [2.05, 4.69) is 5.32 Å². The third kappa shape index (κ3) is 2.83. The van der Waals surface area contributed by atoms with Crippen LogP contribution in [0.2, 0.25) is 0 Å². The van der Waals surface area contributed by atoms with Crippen LogP contribution in [0, 0.1) is 11.3 Å². The molecule has 0 atom stereocenters. The summed E-state index contributed by atoms with van der Waals surface area (Å²) in [6, 6.07) is 0. The van der Waals surface area contributed by atoms with Crippen LogP contribution in [0.25, 0.3) is 0 Å². The number of hydrogen-bond acceptors (Lipinski definition) is 3. The van der Waals surface area contributed by atoms with Crippen molar-refractivity contribution < 1.29 is 19.4 Å². The van der Waals surface area contributed by atoms with Gasteiger partial charge in [-0.05, 0) is 25.7 Å². The zero-order valence-electron chi connectivity index (χ0n) is 10.6. The average Bonchev–Trinajstić information content (AvgIpc) is 2.87. The molecule has 5 heteroatoms. The van der Waals surface area contributed by atoms with Crippen LogP contribution in [0.3, 0.4) is 0 Å². The highest BCUT2D eigenvalue weighted by Crippen LogP contribution is 2.37. The predicted molar refractivity (Wildman–Crippen MR) is 65.1 cm³/mol. The van der Waals surface area contributed by atoms with Gasteiger partial charge in [0.2, 0.25) is 5.91 Å². The van der Waals surface area contributed by atoms with Crippen molar-refractivity contribution in [3.05, 3.63) is 0 Å². The highest BCUT2D eigenvalue weighted by Gasteiger charge is 2.41. The molecule has 0 radical (unpaired) electrons. The Morgan fingerprint density at radius 1 is 1.22 bits per heavy atom. The molecule has 5 nitrogen and oxygen atoms in total. The fourth-order valence-corrected chi connectivity index (χ4v) is 2.88. The van der Waals surface area contributed by atoms with E-state index in [0.717, 1.165) is 25.7 Å². The highest BCUT2D eigenvalue weighted by atomic mass is 16.5. The van der Waals surface area contributed by atoms with E-state index in [1.165, 1.54) is 0 Å². The van der Waals surface area contributed by atoms with Crippen molar-refractivity contribution in [2.75, 3.05) is 19.8 Å². The molecule has 0 aromatic rings. The third-order valence-electron chi connectivity index (χ3n) is 4.21. The van der Waals surface area contributed by atoms with Crippen LogP contribution >= 0.6 is 0 Å². The zero-order valence-corrected chi connectivity index (χ0v) is 10.6. The first-order chi connectivity index (χ1) is 8.64. The van der Waals surface area contributed by atoms with E-state index in [1.54, 1.807) is 0 Å². The van der Waals surface area contributed by atoms with Gasteiger partial charge in [-0.3, -0.25) is 9.59 Å². The van der Waals surface area contributed by atoms with Gasteiger partial charge in [0, 0.05) is 25.7 Å². The summed E-state index contributed by atoms with van der Waals surface area (Å²) in [5.41, 5.74) is -0.721. The summed E-state index contributed by atoms with van der Waals surface area (Å²) in [7, 11) is 0. The van der Waals surface area contributed by atoms with Crippen molar-refractivity contribution in [1.82, 2.24) is 5.32 Å². The number of carboxylic acid groups (broad SMARTS) is 1. The first-order valence-corrected chi connectivity index (χ1v) is 6.73. The van der Waals surface area contributed by atoms with Crippen molar-refractivity contribution in [3.63, 3.8) is 0 Å². The van der Waals surface area contributed by atoms with E-state index < -0.39 is 11.4 Å². The van der Waals surface area contributed by atoms with Gasteiger partial charge < -0.3 is 15.2 Å². The summed E-state index contributed by atoms with van der Waals surface area (Å²) in [4.78, 5) is 23.3. The van der Waals surface area contributed by atoms with Crippen LogP contribution < -0.4 is 5.32 Å². The molecule has 0 unspecified atom stereocenters. The van der Waals surface area contributed by atoms with E-state index >= 15 is 0 Å². The van der Waals surface area contributed by atoms with Crippen LogP contribution in [-0.2, 0) is 14.3 Å². The second kappa shape index (κ2) is 5.69. The van der Waals surface area contributed by atoms with Gasteiger partial charge in [-0.25, -0.2) is 0 Å². The maximum atomic E-state index is 12.0. The lowest BCUT2D eigenvalue weighted by atomic mass is 9.86. The fourth-order valence-electron chi connectivity index (χ4n) is 2.88. The number of ether oxygens (including phenoxy) is 1. The van der Waals surface area contributed by atoms with E-state index in [9.17, 15) is 14.7 Å². The van der Waals surface area contributed by atoms with Gasteiger partial charge >= 0.3 is 5.97 Å². The minimum absolute atomic E-state index is 0.00834. The second-order valence-corrected chi connectivity index (χ2v) is 5.40. The molecule has 2 rings (SSSR count). The molecule has 18 heavy (non-hydrogen) atoms. The summed E-state index contributed by atoms with van der Waals surface area (Å²) in [5, 5.41) is 12.2. The molecule has 0 aromatic heterocycles. The summed E-state index contributed by atoms with van der Waals surface area (Å²) in [5.74, 6) is -0.788. The largest absolute Gasteiger partial charge is 0.481 e. The Balaban J connectivity index is 1.85. The number of rotatable bonds is 4. The molecule has 102 valence electrons. The Morgan fingerprint density at radius 2 is 1.83 bits per heavy atom. The lowest BCUT2D eigenvalue weighted by Crippen LogP contribution is -2.44. The quantitative estimate of drug-likeness (QED) is 0.790. The number of nitrogens with one attached hydrogen (secondary N) is 1. The molecule has 1 aliphatic heterocycles. The molecule has 1 aliphatic carbocycles. The van der Waals surface area contributed by atoms with Crippen molar-refractivity contribution in [2.45, 2.75) is 38.5 Å². The number of carboxylic acids is 1. The Kier molecular flexibility index (Phi) is 4.22. The van der Waals surface area contributed by atoms with Crippen LogP contribution in [0.4, 0.5) is 0 Å². The Hall–Kier alpha value is -1.10. The zero-order chi connectivity index (χ0) is 13.0. The average molecular weight is 255 g/mol. The number of aliphatic carboxylic acids is 1. The minimum Gasteiger partial charge on any atom is -0.481 e. The lowest BCUT2D eigenvalue weighted by molar-refractivity contribution is -0.148. The number of hydrogen-bond donors (Lipinski definition) is 2. The molecular formula is C13H21NO4. The summed E-state index contributed by atoms with van der Waals surface area (Å²) < 4.78 is 5.21. The molecule has 0 bridgehead atoms. The summed E-state index contributed by atoms with van der Waals surface area (Å²) in [6.45, 7) is 1.53. The number of carbonyl (C=O) groups is 2. The van der Waals surface area contributed by atoms with Crippen molar-refractivity contribution in [2.24, 2.45) is 11.3 Å². The Bertz CT molecular complexity index is 317. The number of amides is 1. The maximum absolute atomic E-state index is 12.0. The minimum atomic E-state index is -0.771. The van der Waals surface area contributed by atoms with Gasteiger partial charge in [-0.1, -0.05) is 12.8 Å². The van der Waals surface area contributed by atoms with Crippen molar-refractivity contribution in [1.29, 1.82) is 0 Å². The molecule has 1 heterocycles. The van der Waals surface area contributed by atoms with E-state index in [4.69, 9.17) is 4.74 Å². The molecule has 2 aliphatic rings. The van der Waals surface area contributed by atoms with Crippen molar-refractivity contribution in [3.8, 4) is 0 Å². The molecule has 1 amide bonds. The normalized spacial score (nSPS) is 23.8. The molecule has 0 aromatic carbocycles. The van der Waals surface area contributed by atoms with E-state index in [-0.39, 0.29) is 18.4 Å². The lowest BCUT2D eigenvalue weighted by Gasteiger charge is -2.26. The highest BCUT2D eigenvalue weighted by molar-refractivity contribution is 5.81. The molecule has 2 N–H and O–H groups in total. The van der Waals surface area contributed by atoms with Gasteiger partial charge in [-0.15, -0.1) is 0 Å². The van der Waals surface area contributed by atoms with Gasteiger partial charge in [-0.2, -0.15) is 0 Å². The molecular weight excluding hydrogens is 234 g/mol. The molecule has 1 saturated carbocycles. The topological polar surface area (TPSA) is 75.6 Å². The van der Waals surface area contributed by atoms with Gasteiger partial charge in [0.15, 0.2) is 0 Å². The Labute approximate surface area is 107 Å². The molecule has 0 spiro atoms. The monoisotopic (exact) mass is 255 g/mol. The van der Waals surface area contributed by atoms with Gasteiger partial charge in [0.1, 0.15) is 0 Å². The van der Waals surface area contributed by atoms with Crippen LogP contribution in [0.15, 0.2) is 0 Å². The van der Waals surface area contributed by atoms with Gasteiger partial charge in [0.05, 0.1) is 5.41 Å².